The molecule has 3 rings (SSSR count). The standard InChI is InChI=1S/C20H23N3O3S2/c1-3-16-6-8-18(9-7-16)26-11-12-28(24,25)22-14-19-15(2)23-20(27-19)17-5-4-10-21-13-17/h4-10,13,22H,3,11-12,14H2,1-2H3. The molecular formula is C20H23N3O3S2. The van der Waals surface area contributed by atoms with Crippen molar-refractivity contribution in [1.29, 1.82) is 0 Å². The molecule has 6 nitrogen and oxygen atoms in total. The summed E-state index contributed by atoms with van der Waals surface area (Å²) in [5.74, 6) is 0.572. The van der Waals surface area contributed by atoms with Gasteiger partial charge in [0.1, 0.15) is 17.4 Å². The Morgan fingerprint density at radius 3 is 2.64 bits per heavy atom. The molecule has 0 aliphatic heterocycles. The lowest BCUT2D eigenvalue weighted by atomic mass is 10.2. The molecule has 28 heavy (non-hydrogen) atoms. The highest BCUT2D eigenvalue weighted by Gasteiger charge is 2.14. The van der Waals surface area contributed by atoms with Crippen LogP contribution in [0.25, 0.3) is 10.6 Å². The van der Waals surface area contributed by atoms with Crippen molar-refractivity contribution in [3.05, 3.63) is 64.9 Å². The molecule has 8 heteroatoms. The van der Waals surface area contributed by atoms with Crippen LogP contribution in [-0.4, -0.2) is 30.7 Å². The van der Waals surface area contributed by atoms with Crippen molar-refractivity contribution in [1.82, 2.24) is 14.7 Å². The molecule has 0 amide bonds. The number of ether oxygens (including phenoxy) is 1. The van der Waals surface area contributed by atoms with Crippen molar-refractivity contribution in [2.75, 3.05) is 12.4 Å². The molecule has 0 saturated heterocycles. The molecule has 0 fully saturated rings. The Hall–Kier alpha value is -2.29. The van der Waals surface area contributed by atoms with Crippen molar-refractivity contribution >= 4 is 21.4 Å². The van der Waals surface area contributed by atoms with Gasteiger partial charge in [-0.3, -0.25) is 4.98 Å². The minimum atomic E-state index is -3.44. The Morgan fingerprint density at radius 1 is 1.18 bits per heavy atom. The van der Waals surface area contributed by atoms with Crippen LogP contribution in [-0.2, 0) is 23.0 Å². The number of sulfonamides is 1. The SMILES string of the molecule is CCc1ccc(OCCS(=O)(=O)NCc2sc(-c3cccnc3)nc2C)cc1. The van der Waals surface area contributed by atoms with Gasteiger partial charge in [0.25, 0.3) is 0 Å². The summed E-state index contributed by atoms with van der Waals surface area (Å²) in [5.41, 5.74) is 2.96. The number of benzene rings is 1. The zero-order valence-electron chi connectivity index (χ0n) is 15.9. The van der Waals surface area contributed by atoms with E-state index >= 15 is 0 Å². The number of aryl methyl sites for hydroxylation is 2. The predicted octanol–water partition coefficient (Wildman–Crippen LogP) is 3.57. The van der Waals surface area contributed by atoms with Crippen molar-refractivity contribution in [3.63, 3.8) is 0 Å². The average molecular weight is 418 g/mol. The van der Waals surface area contributed by atoms with E-state index < -0.39 is 10.0 Å². The van der Waals surface area contributed by atoms with Crippen LogP contribution in [0.3, 0.4) is 0 Å². The molecule has 2 heterocycles. The van der Waals surface area contributed by atoms with Crippen LogP contribution in [0.15, 0.2) is 48.8 Å². The van der Waals surface area contributed by atoms with Gasteiger partial charge < -0.3 is 4.74 Å². The minimum absolute atomic E-state index is 0.101. The summed E-state index contributed by atoms with van der Waals surface area (Å²) in [6.07, 6.45) is 4.41. The smallest absolute Gasteiger partial charge is 0.215 e. The molecule has 3 aromatic rings. The van der Waals surface area contributed by atoms with Gasteiger partial charge in [0.15, 0.2) is 0 Å². The van der Waals surface area contributed by atoms with Gasteiger partial charge in [0.2, 0.25) is 10.0 Å². The largest absolute Gasteiger partial charge is 0.492 e. The van der Waals surface area contributed by atoms with Crippen molar-refractivity contribution < 1.29 is 13.2 Å². The molecule has 0 radical (unpaired) electrons. The van der Waals surface area contributed by atoms with Gasteiger partial charge in [-0.1, -0.05) is 19.1 Å². The van der Waals surface area contributed by atoms with Crippen LogP contribution >= 0.6 is 11.3 Å². The number of nitrogens with one attached hydrogen (secondary N) is 1. The second-order valence-electron chi connectivity index (χ2n) is 6.26. The first-order chi connectivity index (χ1) is 13.5. The second kappa shape index (κ2) is 9.27. The summed E-state index contributed by atoms with van der Waals surface area (Å²) in [4.78, 5) is 9.50. The number of hydrogen-bond acceptors (Lipinski definition) is 6. The van der Waals surface area contributed by atoms with Crippen LogP contribution in [0.1, 0.15) is 23.1 Å². The third-order valence-corrected chi connectivity index (χ3v) is 6.70. The summed E-state index contributed by atoms with van der Waals surface area (Å²) in [7, 11) is -3.44. The van der Waals surface area contributed by atoms with Gasteiger partial charge in [0, 0.05) is 29.4 Å². The molecule has 148 valence electrons. The highest BCUT2D eigenvalue weighted by Crippen LogP contribution is 2.27. The first-order valence-electron chi connectivity index (χ1n) is 9.02. The Labute approximate surface area is 169 Å². The van der Waals surface area contributed by atoms with E-state index in [2.05, 4.69) is 21.6 Å². The molecule has 2 aromatic heterocycles. The first-order valence-corrected chi connectivity index (χ1v) is 11.5. The van der Waals surface area contributed by atoms with Crippen LogP contribution in [0.2, 0.25) is 0 Å². The lowest BCUT2D eigenvalue weighted by Crippen LogP contribution is -2.28. The molecule has 0 spiro atoms. The fraction of sp³-hybridized carbons (Fsp3) is 0.300. The summed E-state index contributed by atoms with van der Waals surface area (Å²) >= 11 is 1.47. The zero-order chi connectivity index (χ0) is 20.0. The van der Waals surface area contributed by atoms with Crippen LogP contribution in [0, 0.1) is 6.92 Å². The maximum atomic E-state index is 12.3. The van der Waals surface area contributed by atoms with E-state index in [-0.39, 0.29) is 18.9 Å². The Bertz CT molecular complexity index is 1000. The van der Waals surface area contributed by atoms with Crippen molar-refractivity contribution in [2.45, 2.75) is 26.8 Å². The Balaban J connectivity index is 1.52. The van der Waals surface area contributed by atoms with Crippen molar-refractivity contribution in [3.8, 4) is 16.3 Å². The molecular weight excluding hydrogens is 394 g/mol. The van der Waals surface area contributed by atoms with E-state index in [1.165, 1.54) is 16.9 Å². The quantitative estimate of drug-likeness (QED) is 0.576. The molecule has 0 atom stereocenters. The fourth-order valence-electron chi connectivity index (χ4n) is 2.54. The van der Waals surface area contributed by atoms with Gasteiger partial charge in [-0.05, 0) is 43.2 Å². The molecule has 0 saturated carbocycles. The second-order valence-corrected chi connectivity index (χ2v) is 9.27. The highest BCUT2D eigenvalue weighted by molar-refractivity contribution is 7.89. The van der Waals surface area contributed by atoms with Crippen LogP contribution in [0.5, 0.6) is 5.75 Å². The normalized spacial score (nSPS) is 11.5. The highest BCUT2D eigenvalue weighted by atomic mass is 32.2. The number of nitrogens with zero attached hydrogens (tertiary/aromatic N) is 2. The predicted molar refractivity (Wildman–Crippen MR) is 112 cm³/mol. The molecule has 0 unspecified atom stereocenters. The zero-order valence-corrected chi connectivity index (χ0v) is 17.5. The number of thiazole rings is 1. The molecule has 0 aliphatic carbocycles. The minimum Gasteiger partial charge on any atom is -0.492 e. The Morgan fingerprint density at radius 2 is 1.96 bits per heavy atom. The van der Waals surface area contributed by atoms with Gasteiger partial charge in [0.05, 0.1) is 11.4 Å². The van der Waals surface area contributed by atoms with E-state index in [0.717, 1.165) is 27.6 Å². The van der Waals surface area contributed by atoms with Gasteiger partial charge in [-0.25, -0.2) is 18.1 Å². The third-order valence-electron chi connectivity index (χ3n) is 4.21. The summed E-state index contributed by atoms with van der Waals surface area (Å²) in [5, 5.41) is 0.832. The van der Waals surface area contributed by atoms with E-state index in [1.54, 1.807) is 12.4 Å². The average Bonchev–Trinajstić information content (AvgIpc) is 3.08. The van der Waals surface area contributed by atoms with Gasteiger partial charge in [-0.2, -0.15) is 0 Å². The molecule has 1 N–H and O–H groups in total. The van der Waals surface area contributed by atoms with Crippen LogP contribution in [0.4, 0.5) is 0 Å². The van der Waals surface area contributed by atoms with E-state index in [4.69, 9.17) is 4.74 Å². The summed E-state index contributed by atoms with van der Waals surface area (Å²) in [6, 6.07) is 11.5. The lowest BCUT2D eigenvalue weighted by molar-refractivity contribution is 0.340. The fourth-order valence-corrected chi connectivity index (χ4v) is 4.44. The summed E-state index contributed by atoms with van der Waals surface area (Å²) in [6.45, 7) is 4.28. The molecule has 1 aromatic carbocycles. The monoisotopic (exact) mass is 417 g/mol. The lowest BCUT2D eigenvalue weighted by Gasteiger charge is -2.08. The number of pyridine rings is 1. The van der Waals surface area contributed by atoms with E-state index in [1.807, 2.05) is 43.3 Å². The van der Waals surface area contributed by atoms with E-state index in [9.17, 15) is 8.42 Å². The first kappa shape index (κ1) is 20.4. The van der Waals surface area contributed by atoms with Crippen LogP contribution < -0.4 is 9.46 Å². The summed E-state index contributed by atoms with van der Waals surface area (Å²) < 4.78 is 32.7. The van der Waals surface area contributed by atoms with Gasteiger partial charge >= 0.3 is 0 Å². The molecule has 0 aliphatic rings. The maximum Gasteiger partial charge on any atom is 0.215 e. The number of hydrogen-bond donors (Lipinski definition) is 1. The number of rotatable bonds is 9. The number of aromatic nitrogens is 2. The topological polar surface area (TPSA) is 81.2 Å². The maximum absolute atomic E-state index is 12.3. The van der Waals surface area contributed by atoms with E-state index in [0.29, 0.717) is 5.75 Å². The Kier molecular flexibility index (Phi) is 6.77. The van der Waals surface area contributed by atoms with Crippen molar-refractivity contribution in [2.24, 2.45) is 0 Å². The van der Waals surface area contributed by atoms with Gasteiger partial charge in [-0.15, -0.1) is 11.3 Å². The molecule has 0 bridgehead atoms. The third kappa shape index (κ3) is 5.60.